The largest absolute Gasteiger partial charge is 0.462 e. The molecule has 1 fully saturated rings. The van der Waals surface area contributed by atoms with Crippen molar-refractivity contribution in [1.82, 2.24) is 9.29 Å². The number of benzene rings is 1. The van der Waals surface area contributed by atoms with Gasteiger partial charge < -0.3 is 15.0 Å². The molecular formula is C23H29N3O6S. The molecule has 1 aromatic heterocycles. The first-order chi connectivity index (χ1) is 15.6. The minimum atomic E-state index is -4.04. The summed E-state index contributed by atoms with van der Waals surface area (Å²) in [7, 11) is -4.04. The Morgan fingerprint density at radius 2 is 1.82 bits per heavy atom. The predicted molar refractivity (Wildman–Crippen MR) is 123 cm³/mol. The van der Waals surface area contributed by atoms with Crippen molar-refractivity contribution >= 4 is 33.4 Å². The molecule has 0 spiro atoms. The lowest BCUT2D eigenvalue weighted by molar-refractivity contribution is -0.120. The number of aryl methyl sites for hydroxylation is 2. The molecule has 2 N–H and O–H groups in total. The third-order valence-electron chi connectivity index (χ3n) is 5.71. The van der Waals surface area contributed by atoms with E-state index in [9.17, 15) is 22.8 Å². The molecule has 33 heavy (non-hydrogen) atoms. The quantitative estimate of drug-likeness (QED) is 0.468. The Morgan fingerprint density at radius 1 is 1.15 bits per heavy atom. The molecule has 1 saturated heterocycles. The fourth-order valence-electron chi connectivity index (χ4n) is 4.07. The molecule has 178 valence electrons. The molecule has 2 aromatic rings. The van der Waals surface area contributed by atoms with E-state index in [4.69, 9.17) is 4.74 Å². The van der Waals surface area contributed by atoms with E-state index in [2.05, 4.69) is 10.3 Å². The first kappa shape index (κ1) is 24.7. The van der Waals surface area contributed by atoms with Crippen LogP contribution < -0.4 is 5.32 Å². The summed E-state index contributed by atoms with van der Waals surface area (Å²) in [6.07, 6.45) is 1.05. The van der Waals surface area contributed by atoms with Gasteiger partial charge in [0, 0.05) is 35.7 Å². The molecule has 9 nitrogen and oxygen atoms in total. The summed E-state index contributed by atoms with van der Waals surface area (Å²) in [4.78, 5) is 39.6. The van der Waals surface area contributed by atoms with Crippen molar-refractivity contribution in [3.05, 3.63) is 46.8 Å². The summed E-state index contributed by atoms with van der Waals surface area (Å²) < 4.78 is 33.4. The molecule has 2 heterocycles. The van der Waals surface area contributed by atoms with Crippen LogP contribution in [0.2, 0.25) is 0 Å². The second-order valence-corrected chi connectivity index (χ2v) is 10.00. The van der Waals surface area contributed by atoms with Gasteiger partial charge in [-0.25, -0.2) is 13.2 Å². The molecular weight excluding hydrogens is 446 g/mol. The third kappa shape index (κ3) is 5.17. The maximum Gasteiger partial charge on any atom is 0.341 e. The highest BCUT2D eigenvalue weighted by Crippen LogP contribution is 2.31. The van der Waals surface area contributed by atoms with E-state index in [0.29, 0.717) is 35.5 Å². The van der Waals surface area contributed by atoms with Crippen LogP contribution in [0.25, 0.3) is 0 Å². The molecule has 1 aliphatic heterocycles. The predicted octanol–water partition coefficient (Wildman–Crippen LogP) is 3.05. The van der Waals surface area contributed by atoms with Crippen LogP contribution in [0.4, 0.5) is 5.69 Å². The monoisotopic (exact) mass is 475 g/mol. The van der Waals surface area contributed by atoms with E-state index in [1.54, 1.807) is 45.0 Å². The summed E-state index contributed by atoms with van der Waals surface area (Å²) in [5.74, 6) is -1.61. The fraction of sp³-hybridized carbons (Fsp3) is 0.435. The van der Waals surface area contributed by atoms with Crippen LogP contribution in [0.15, 0.2) is 29.2 Å². The van der Waals surface area contributed by atoms with Gasteiger partial charge >= 0.3 is 5.97 Å². The number of aromatic nitrogens is 1. The average Bonchev–Trinajstić information content (AvgIpc) is 3.08. The highest BCUT2D eigenvalue weighted by atomic mass is 32.2. The van der Waals surface area contributed by atoms with Crippen LogP contribution in [0.3, 0.4) is 0 Å². The second kappa shape index (κ2) is 9.88. The Bertz CT molecular complexity index is 1170. The number of ketones is 1. The maximum atomic E-state index is 13.5. The summed E-state index contributed by atoms with van der Waals surface area (Å²) in [5.41, 5.74) is 1.85. The van der Waals surface area contributed by atoms with Crippen molar-refractivity contribution in [1.29, 1.82) is 0 Å². The topological polar surface area (TPSA) is 126 Å². The Kier molecular flexibility index (Phi) is 7.38. The van der Waals surface area contributed by atoms with E-state index < -0.39 is 21.9 Å². The van der Waals surface area contributed by atoms with Crippen molar-refractivity contribution in [3.63, 3.8) is 0 Å². The molecule has 1 amide bonds. The Labute approximate surface area is 193 Å². The van der Waals surface area contributed by atoms with Crippen LogP contribution in [-0.4, -0.2) is 55.1 Å². The summed E-state index contributed by atoms with van der Waals surface area (Å²) >= 11 is 0. The number of ether oxygens (including phenoxy) is 1. The number of esters is 1. The van der Waals surface area contributed by atoms with Gasteiger partial charge in [-0.15, -0.1) is 0 Å². The number of hydrogen-bond acceptors (Lipinski definition) is 6. The van der Waals surface area contributed by atoms with E-state index in [-0.39, 0.29) is 41.8 Å². The highest BCUT2D eigenvalue weighted by molar-refractivity contribution is 7.89. The number of carbonyl (C=O) groups is 3. The molecule has 1 aromatic carbocycles. The van der Waals surface area contributed by atoms with Crippen molar-refractivity contribution in [2.24, 2.45) is 5.92 Å². The number of nitrogens with zero attached hydrogens (tertiary/aromatic N) is 1. The van der Waals surface area contributed by atoms with E-state index in [1.807, 2.05) is 0 Å². The van der Waals surface area contributed by atoms with Crippen molar-refractivity contribution in [3.8, 4) is 0 Å². The van der Waals surface area contributed by atoms with Crippen LogP contribution in [0, 0.1) is 19.8 Å². The first-order valence-corrected chi connectivity index (χ1v) is 12.3. The van der Waals surface area contributed by atoms with Gasteiger partial charge in [-0.3, -0.25) is 9.59 Å². The minimum absolute atomic E-state index is 0.00558. The van der Waals surface area contributed by atoms with Crippen LogP contribution in [0.5, 0.6) is 0 Å². The third-order valence-corrected chi connectivity index (χ3v) is 7.75. The minimum Gasteiger partial charge on any atom is -0.462 e. The molecule has 0 bridgehead atoms. The highest BCUT2D eigenvalue weighted by Gasteiger charge is 2.38. The lowest BCUT2D eigenvalue weighted by Gasteiger charge is -2.31. The fourth-order valence-corrected chi connectivity index (χ4v) is 6.00. The number of piperidine rings is 1. The smallest absolute Gasteiger partial charge is 0.341 e. The normalized spacial score (nSPS) is 16.9. The van der Waals surface area contributed by atoms with Crippen LogP contribution in [0.1, 0.15) is 58.8 Å². The molecule has 1 aliphatic rings. The summed E-state index contributed by atoms with van der Waals surface area (Å²) in [6, 6.07) is 6.54. The van der Waals surface area contributed by atoms with Gasteiger partial charge in [0.05, 0.1) is 12.5 Å². The molecule has 0 aliphatic carbocycles. The molecule has 0 saturated carbocycles. The lowest BCUT2D eigenvalue weighted by atomic mass is 9.98. The number of nitrogens with one attached hydrogen (secondary N) is 2. The van der Waals surface area contributed by atoms with Gasteiger partial charge in [0.25, 0.3) is 0 Å². The van der Waals surface area contributed by atoms with Crippen molar-refractivity contribution in [2.75, 3.05) is 25.0 Å². The number of rotatable bonds is 7. The maximum absolute atomic E-state index is 13.5. The second-order valence-electron chi connectivity index (χ2n) is 8.12. The molecule has 3 rings (SSSR count). The van der Waals surface area contributed by atoms with Gasteiger partial charge in [-0.2, -0.15) is 4.31 Å². The number of carbonyl (C=O) groups excluding carboxylic acids is 3. The number of H-pyrrole nitrogens is 1. The van der Waals surface area contributed by atoms with Gasteiger partial charge in [0.2, 0.25) is 15.9 Å². The zero-order valence-electron chi connectivity index (χ0n) is 19.2. The molecule has 10 heteroatoms. The summed E-state index contributed by atoms with van der Waals surface area (Å²) in [6.45, 7) is 6.73. The Hall–Kier alpha value is -2.98. The van der Waals surface area contributed by atoms with Gasteiger partial charge in [-0.1, -0.05) is 0 Å². The van der Waals surface area contributed by atoms with Crippen LogP contribution >= 0.6 is 0 Å². The van der Waals surface area contributed by atoms with E-state index in [0.717, 1.165) is 0 Å². The number of anilines is 1. The first-order valence-electron chi connectivity index (χ1n) is 10.8. The number of aromatic amines is 1. The standard InChI is InChI=1S/C23H29N3O6S/c1-5-32-23(29)20-14(2)24-15(3)21(20)33(30,31)26-12-6-7-18(13-26)22(28)25-19-10-8-17(9-11-19)16(4)27/h8-11,18,24H,5-7,12-13H2,1-4H3,(H,25,28)/t18-/m0/s1. The lowest BCUT2D eigenvalue weighted by Crippen LogP contribution is -2.44. The summed E-state index contributed by atoms with van der Waals surface area (Å²) in [5, 5.41) is 2.80. The Balaban J connectivity index is 1.80. The van der Waals surface area contributed by atoms with Gasteiger partial charge in [0.15, 0.2) is 5.78 Å². The van der Waals surface area contributed by atoms with Gasteiger partial charge in [0.1, 0.15) is 10.5 Å². The molecule has 0 radical (unpaired) electrons. The van der Waals surface area contributed by atoms with Gasteiger partial charge in [-0.05, 0) is 64.8 Å². The Morgan fingerprint density at radius 3 is 2.42 bits per heavy atom. The number of Topliss-reactive ketones (excluding diaryl/α,β-unsaturated/α-hetero) is 1. The van der Waals surface area contributed by atoms with Crippen LogP contribution in [-0.2, 0) is 19.6 Å². The van der Waals surface area contributed by atoms with Crippen molar-refractivity contribution in [2.45, 2.75) is 45.4 Å². The molecule has 0 unspecified atom stereocenters. The zero-order valence-corrected chi connectivity index (χ0v) is 20.0. The van der Waals surface area contributed by atoms with E-state index in [1.165, 1.54) is 11.2 Å². The number of sulfonamides is 1. The average molecular weight is 476 g/mol. The molecule has 1 atom stereocenters. The van der Waals surface area contributed by atoms with Crippen molar-refractivity contribution < 1.29 is 27.5 Å². The SMILES string of the molecule is CCOC(=O)c1c(C)[nH]c(C)c1S(=O)(=O)N1CCC[C@H](C(=O)Nc2ccc(C(C)=O)cc2)C1. The zero-order chi connectivity index (χ0) is 24.3. The number of hydrogen-bond donors (Lipinski definition) is 2. The van der Waals surface area contributed by atoms with E-state index >= 15 is 0 Å². The number of amides is 1.